The highest BCUT2D eigenvalue weighted by Gasteiger charge is 2.22. The van der Waals surface area contributed by atoms with Crippen LogP contribution in [0.15, 0.2) is 0 Å². The van der Waals surface area contributed by atoms with Crippen LogP contribution in [0.1, 0.15) is 27.2 Å². The van der Waals surface area contributed by atoms with Crippen molar-refractivity contribution in [3.05, 3.63) is 0 Å². The highest BCUT2D eigenvalue weighted by atomic mass is 32.2. The van der Waals surface area contributed by atoms with E-state index in [2.05, 4.69) is 37.2 Å². The van der Waals surface area contributed by atoms with Crippen LogP contribution in [0.3, 0.4) is 0 Å². The Kier molecular flexibility index (Phi) is 6.02. The second-order valence-electron chi connectivity index (χ2n) is 5.02. The van der Waals surface area contributed by atoms with Gasteiger partial charge < -0.3 is 10.2 Å². The lowest BCUT2D eigenvalue weighted by Gasteiger charge is -2.20. The first-order valence-corrected chi connectivity index (χ1v) is 7.39. The van der Waals surface area contributed by atoms with Gasteiger partial charge in [0.2, 0.25) is 0 Å². The van der Waals surface area contributed by atoms with Gasteiger partial charge in [-0.15, -0.1) is 0 Å². The minimum Gasteiger partial charge on any atom is -0.314 e. The Balaban J connectivity index is 2.15. The maximum atomic E-state index is 3.54. The normalized spacial score (nSPS) is 25.0. The van der Waals surface area contributed by atoms with E-state index in [4.69, 9.17) is 0 Å². The number of hydrogen-bond donors (Lipinski definition) is 1. The second kappa shape index (κ2) is 6.77. The zero-order valence-electron chi connectivity index (χ0n) is 10.6. The average Bonchev–Trinajstić information content (AvgIpc) is 2.62. The van der Waals surface area contributed by atoms with Gasteiger partial charge in [0.15, 0.2) is 0 Å². The van der Waals surface area contributed by atoms with Crippen LogP contribution in [0.2, 0.25) is 0 Å². The van der Waals surface area contributed by atoms with Crippen LogP contribution in [0.4, 0.5) is 0 Å². The Morgan fingerprint density at radius 1 is 1.40 bits per heavy atom. The fourth-order valence-corrected chi connectivity index (χ4v) is 2.45. The second-order valence-corrected chi connectivity index (χ2v) is 6.30. The van der Waals surface area contributed by atoms with Gasteiger partial charge in [0.25, 0.3) is 0 Å². The monoisotopic (exact) mass is 230 g/mol. The van der Waals surface area contributed by atoms with E-state index < -0.39 is 0 Å². The molecule has 0 amide bonds. The minimum absolute atomic E-state index is 0.629. The van der Waals surface area contributed by atoms with Crippen LogP contribution in [-0.4, -0.2) is 48.6 Å². The molecule has 3 heteroatoms. The van der Waals surface area contributed by atoms with Crippen molar-refractivity contribution in [2.45, 2.75) is 38.5 Å². The molecule has 0 aromatic rings. The van der Waals surface area contributed by atoms with Crippen molar-refractivity contribution in [1.29, 1.82) is 0 Å². The first-order chi connectivity index (χ1) is 7.11. The first kappa shape index (κ1) is 13.3. The van der Waals surface area contributed by atoms with Gasteiger partial charge in [0.05, 0.1) is 0 Å². The summed E-state index contributed by atoms with van der Waals surface area (Å²) in [5, 5.41) is 4.32. The third-order valence-electron chi connectivity index (χ3n) is 3.10. The molecule has 0 saturated carbocycles. The fourth-order valence-electron chi connectivity index (χ4n) is 2.09. The SMILES string of the molecule is CSC(C)CN1CCC(CNC(C)C)C1. The summed E-state index contributed by atoms with van der Waals surface area (Å²) in [6.07, 6.45) is 3.58. The zero-order valence-corrected chi connectivity index (χ0v) is 11.4. The molecule has 15 heavy (non-hydrogen) atoms. The van der Waals surface area contributed by atoms with Crippen molar-refractivity contribution in [2.75, 3.05) is 32.4 Å². The summed E-state index contributed by atoms with van der Waals surface area (Å²) in [7, 11) is 0. The summed E-state index contributed by atoms with van der Waals surface area (Å²) in [4.78, 5) is 2.62. The Hall–Kier alpha value is 0.270. The molecule has 1 fully saturated rings. The third-order valence-corrected chi connectivity index (χ3v) is 4.06. The Labute approximate surface area is 99.2 Å². The van der Waals surface area contributed by atoms with Crippen LogP contribution >= 0.6 is 11.8 Å². The summed E-state index contributed by atoms with van der Waals surface area (Å²) in [5.74, 6) is 0.876. The molecule has 1 heterocycles. The highest BCUT2D eigenvalue weighted by molar-refractivity contribution is 7.99. The molecule has 2 nitrogen and oxygen atoms in total. The number of hydrogen-bond acceptors (Lipinski definition) is 3. The van der Waals surface area contributed by atoms with Crippen molar-refractivity contribution in [3.8, 4) is 0 Å². The molecule has 2 unspecified atom stereocenters. The lowest BCUT2D eigenvalue weighted by atomic mass is 10.1. The number of rotatable bonds is 6. The van der Waals surface area contributed by atoms with E-state index in [1.165, 1.54) is 32.6 Å². The molecule has 90 valence electrons. The van der Waals surface area contributed by atoms with Crippen molar-refractivity contribution < 1.29 is 0 Å². The standard InChI is InChI=1S/C12H26N2S/c1-10(2)13-7-12-5-6-14(9-12)8-11(3)15-4/h10-13H,5-9H2,1-4H3. The van der Waals surface area contributed by atoms with E-state index in [1.807, 2.05) is 11.8 Å². The third kappa shape index (κ3) is 5.23. The largest absolute Gasteiger partial charge is 0.314 e. The van der Waals surface area contributed by atoms with E-state index in [1.54, 1.807) is 0 Å². The minimum atomic E-state index is 0.629. The number of thioether (sulfide) groups is 1. The van der Waals surface area contributed by atoms with Gasteiger partial charge in [-0.25, -0.2) is 0 Å². The first-order valence-electron chi connectivity index (χ1n) is 6.10. The Morgan fingerprint density at radius 3 is 2.73 bits per heavy atom. The van der Waals surface area contributed by atoms with Crippen molar-refractivity contribution in [3.63, 3.8) is 0 Å². The Bertz CT molecular complexity index is 173. The molecule has 1 N–H and O–H groups in total. The topological polar surface area (TPSA) is 15.3 Å². The van der Waals surface area contributed by atoms with Crippen molar-refractivity contribution in [1.82, 2.24) is 10.2 Å². The van der Waals surface area contributed by atoms with Crippen LogP contribution in [0, 0.1) is 5.92 Å². The molecule has 0 aromatic carbocycles. The number of nitrogens with zero attached hydrogens (tertiary/aromatic N) is 1. The lowest BCUT2D eigenvalue weighted by Crippen LogP contribution is -2.32. The molecule has 1 saturated heterocycles. The molecule has 1 rings (SSSR count). The van der Waals surface area contributed by atoms with Crippen molar-refractivity contribution >= 4 is 11.8 Å². The quantitative estimate of drug-likeness (QED) is 0.752. The fraction of sp³-hybridized carbons (Fsp3) is 1.00. The van der Waals surface area contributed by atoms with Gasteiger partial charge in [-0.3, -0.25) is 0 Å². The highest BCUT2D eigenvalue weighted by Crippen LogP contribution is 2.18. The molecular weight excluding hydrogens is 204 g/mol. The molecule has 1 aliphatic heterocycles. The molecule has 2 atom stereocenters. The van der Waals surface area contributed by atoms with E-state index in [0.29, 0.717) is 6.04 Å². The van der Waals surface area contributed by atoms with Gasteiger partial charge >= 0.3 is 0 Å². The van der Waals surface area contributed by atoms with Crippen molar-refractivity contribution in [2.24, 2.45) is 5.92 Å². The number of nitrogens with one attached hydrogen (secondary N) is 1. The van der Waals surface area contributed by atoms with E-state index in [9.17, 15) is 0 Å². The summed E-state index contributed by atoms with van der Waals surface area (Å²) in [6.45, 7) is 11.8. The van der Waals surface area contributed by atoms with Gasteiger partial charge in [-0.2, -0.15) is 11.8 Å². The van der Waals surface area contributed by atoms with Gasteiger partial charge in [0, 0.05) is 24.4 Å². The molecule has 0 aromatic heterocycles. The van der Waals surface area contributed by atoms with Crippen LogP contribution in [-0.2, 0) is 0 Å². The van der Waals surface area contributed by atoms with Gasteiger partial charge in [0.1, 0.15) is 0 Å². The predicted molar refractivity (Wildman–Crippen MR) is 70.7 cm³/mol. The molecule has 0 aliphatic carbocycles. The summed E-state index contributed by atoms with van der Waals surface area (Å²) in [6, 6.07) is 0.629. The van der Waals surface area contributed by atoms with E-state index in [-0.39, 0.29) is 0 Å². The van der Waals surface area contributed by atoms with Crippen LogP contribution in [0.25, 0.3) is 0 Å². The molecule has 0 spiro atoms. The summed E-state index contributed by atoms with van der Waals surface area (Å²) in [5.41, 5.74) is 0. The maximum Gasteiger partial charge on any atom is 0.0143 e. The summed E-state index contributed by atoms with van der Waals surface area (Å²) < 4.78 is 0. The molecule has 0 radical (unpaired) electrons. The van der Waals surface area contributed by atoms with Crippen LogP contribution < -0.4 is 5.32 Å². The van der Waals surface area contributed by atoms with Gasteiger partial charge in [-0.05, 0) is 31.7 Å². The lowest BCUT2D eigenvalue weighted by molar-refractivity contribution is 0.324. The smallest absolute Gasteiger partial charge is 0.0143 e. The zero-order chi connectivity index (χ0) is 11.3. The average molecular weight is 230 g/mol. The predicted octanol–water partition coefficient (Wildman–Crippen LogP) is 2.06. The van der Waals surface area contributed by atoms with Crippen LogP contribution in [0.5, 0.6) is 0 Å². The molecule has 0 bridgehead atoms. The van der Waals surface area contributed by atoms with E-state index in [0.717, 1.165) is 11.2 Å². The number of likely N-dealkylation sites (tertiary alicyclic amines) is 1. The van der Waals surface area contributed by atoms with E-state index >= 15 is 0 Å². The van der Waals surface area contributed by atoms with Gasteiger partial charge in [-0.1, -0.05) is 20.8 Å². The Morgan fingerprint density at radius 2 is 2.13 bits per heavy atom. The summed E-state index contributed by atoms with van der Waals surface area (Å²) >= 11 is 1.97. The molecule has 1 aliphatic rings. The maximum absolute atomic E-state index is 3.54. The molecular formula is C12H26N2S.